The molecule has 1 aliphatic carbocycles. The van der Waals surface area contributed by atoms with E-state index in [1.165, 1.54) is 38.8 Å². The molecule has 4 fully saturated rings. The zero-order valence-corrected chi connectivity index (χ0v) is 17.7. The first-order valence-corrected chi connectivity index (χ1v) is 9.45. The van der Waals surface area contributed by atoms with Gasteiger partial charge in [-0.3, -0.25) is 9.89 Å². The second-order valence-corrected chi connectivity index (χ2v) is 8.37. The summed E-state index contributed by atoms with van der Waals surface area (Å²) in [6, 6.07) is 1.23. The van der Waals surface area contributed by atoms with Gasteiger partial charge in [-0.25, -0.2) is 0 Å². The molecule has 4 atom stereocenters. The highest BCUT2D eigenvalue weighted by atomic mass is 127. The lowest BCUT2D eigenvalue weighted by Crippen LogP contribution is -2.68. The van der Waals surface area contributed by atoms with Crippen LogP contribution in [0, 0.1) is 11.3 Å². The fourth-order valence-corrected chi connectivity index (χ4v) is 5.39. The van der Waals surface area contributed by atoms with Crippen LogP contribution in [0.1, 0.15) is 39.5 Å². The molecule has 0 amide bonds. The van der Waals surface area contributed by atoms with Crippen molar-refractivity contribution in [2.24, 2.45) is 16.3 Å². The molecule has 138 valence electrons. The van der Waals surface area contributed by atoms with Crippen LogP contribution in [0.2, 0.25) is 0 Å². The van der Waals surface area contributed by atoms with Gasteiger partial charge in [-0.05, 0) is 38.8 Å². The molecule has 3 heterocycles. The van der Waals surface area contributed by atoms with E-state index in [-0.39, 0.29) is 29.4 Å². The van der Waals surface area contributed by atoms with E-state index in [0.717, 1.165) is 31.7 Å². The van der Waals surface area contributed by atoms with Crippen molar-refractivity contribution in [1.82, 2.24) is 15.1 Å². The summed E-state index contributed by atoms with van der Waals surface area (Å²) >= 11 is 0. The van der Waals surface area contributed by atoms with Crippen LogP contribution in [-0.2, 0) is 4.74 Å². The van der Waals surface area contributed by atoms with Gasteiger partial charge >= 0.3 is 0 Å². The van der Waals surface area contributed by atoms with E-state index in [0.29, 0.717) is 18.1 Å². The van der Waals surface area contributed by atoms with Gasteiger partial charge in [-0.2, -0.15) is 0 Å². The van der Waals surface area contributed by atoms with Crippen LogP contribution in [0.5, 0.6) is 0 Å². The molecule has 5 nitrogen and oxygen atoms in total. The monoisotopic (exact) mass is 448 g/mol. The molecule has 6 heteroatoms. The first-order valence-electron chi connectivity index (χ1n) is 9.45. The summed E-state index contributed by atoms with van der Waals surface area (Å²) in [4.78, 5) is 9.76. The van der Waals surface area contributed by atoms with E-state index in [4.69, 9.17) is 4.74 Å². The Bertz CT molecular complexity index is 478. The van der Waals surface area contributed by atoms with E-state index < -0.39 is 0 Å². The molecule has 0 bridgehead atoms. The molecule has 4 aliphatic rings. The number of fused-ring (bicyclic) bond motifs is 1. The van der Waals surface area contributed by atoms with Crippen LogP contribution in [-0.4, -0.2) is 73.8 Å². The molecule has 0 radical (unpaired) electrons. The van der Waals surface area contributed by atoms with Crippen LogP contribution < -0.4 is 5.32 Å². The molecule has 0 aromatic rings. The second-order valence-electron chi connectivity index (χ2n) is 8.37. The Morgan fingerprint density at radius 3 is 2.62 bits per heavy atom. The smallest absolute Gasteiger partial charge is 0.193 e. The number of nitrogens with one attached hydrogen (secondary N) is 1. The fraction of sp³-hybridized carbons (Fsp3) is 0.944. The van der Waals surface area contributed by atoms with Crippen molar-refractivity contribution in [3.05, 3.63) is 0 Å². The predicted octanol–water partition coefficient (Wildman–Crippen LogP) is 2.16. The standard InChI is InChI=1S/C18H32N4O.HI/c1-18(2)15(14-7-11-23-16(14)18)20-17(19-3)22-10-6-13(12-22)21-8-4-5-9-21;/h13-16H,4-12H2,1-3H3,(H,19,20);1H. The predicted molar refractivity (Wildman–Crippen MR) is 108 cm³/mol. The van der Waals surface area contributed by atoms with Gasteiger partial charge in [-0.15, -0.1) is 24.0 Å². The Hall–Kier alpha value is -0.0800. The average Bonchev–Trinajstić information content (AvgIpc) is 3.28. The van der Waals surface area contributed by atoms with E-state index in [1.54, 1.807) is 0 Å². The van der Waals surface area contributed by atoms with Crippen LogP contribution in [0.3, 0.4) is 0 Å². The van der Waals surface area contributed by atoms with Gasteiger partial charge in [0.05, 0.1) is 6.10 Å². The summed E-state index contributed by atoms with van der Waals surface area (Å²) in [5, 5.41) is 3.80. The Labute approximate surface area is 163 Å². The first-order chi connectivity index (χ1) is 11.1. The second kappa shape index (κ2) is 7.27. The topological polar surface area (TPSA) is 40.1 Å². The number of nitrogens with zero attached hydrogens (tertiary/aromatic N) is 3. The zero-order chi connectivity index (χ0) is 16.0. The van der Waals surface area contributed by atoms with E-state index in [1.807, 2.05) is 7.05 Å². The molecule has 24 heavy (non-hydrogen) atoms. The summed E-state index contributed by atoms with van der Waals surface area (Å²) in [5.74, 6) is 1.77. The van der Waals surface area contributed by atoms with Gasteiger partial charge in [0.25, 0.3) is 0 Å². The number of ether oxygens (including phenoxy) is 1. The molecule has 0 aromatic heterocycles. The maximum absolute atomic E-state index is 5.92. The SMILES string of the molecule is CN=C(NC1C2CCOC2C1(C)C)N1CCC(N2CCCC2)C1.I. The molecule has 1 N–H and O–H groups in total. The molecule has 1 saturated carbocycles. The summed E-state index contributed by atoms with van der Waals surface area (Å²) in [6.45, 7) is 10.5. The minimum atomic E-state index is 0. The molecular formula is C18H33IN4O. The summed E-state index contributed by atoms with van der Waals surface area (Å²) in [5.41, 5.74) is 0.213. The fourth-order valence-electron chi connectivity index (χ4n) is 5.39. The highest BCUT2D eigenvalue weighted by molar-refractivity contribution is 14.0. The molecule has 4 rings (SSSR count). The van der Waals surface area contributed by atoms with E-state index in [2.05, 4.69) is 34.0 Å². The molecule has 3 saturated heterocycles. The largest absolute Gasteiger partial charge is 0.377 e. The van der Waals surface area contributed by atoms with Crippen molar-refractivity contribution >= 4 is 29.9 Å². The third kappa shape index (κ3) is 3.07. The number of halogens is 1. The van der Waals surface area contributed by atoms with Gasteiger partial charge in [0.2, 0.25) is 0 Å². The minimum Gasteiger partial charge on any atom is -0.377 e. The first kappa shape index (κ1) is 18.7. The maximum atomic E-state index is 5.92. The number of hydrogen-bond donors (Lipinski definition) is 1. The normalized spacial score (nSPS) is 38.6. The molecule has 3 aliphatic heterocycles. The Morgan fingerprint density at radius 1 is 1.17 bits per heavy atom. The van der Waals surface area contributed by atoms with Crippen molar-refractivity contribution in [3.8, 4) is 0 Å². The van der Waals surface area contributed by atoms with Crippen LogP contribution in [0.25, 0.3) is 0 Å². The van der Waals surface area contributed by atoms with Crippen LogP contribution >= 0.6 is 24.0 Å². The lowest BCUT2D eigenvalue weighted by Gasteiger charge is -2.55. The van der Waals surface area contributed by atoms with Crippen molar-refractivity contribution in [2.45, 2.75) is 57.7 Å². The Balaban J connectivity index is 0.00000169. The van der Waals surface area contributed by atoms with Crippen molar-refractivity contribution in [2.75, 3.05) is 39.8 Å². The number of guanidine groups is 1. The third-order valence-corrected chi connectivity index (χ3v) is 6.72. The van der Waals surface area contributed by atoms with Gasteiger partial charge < -0.3 is 15.0 Å². The number of hydrogen-bond acceptors (Lipinski definition) is 3. The van der Waals surface area contributed by atoms with Crippen LogP contribution in [0.4, 0.5) is 0 Å². The van der Waals surface area contributed by atoms with Crippen molar-refractivity contribution in [3.63, 3.8) is 0 Å². The lowest BCUT2D eigenvalue weighted by molar-refractivity contribution is -0.107. The van der Waals surface area contributed by atoms with Crippen molar-refractivity contribution < 1.29 is 4.74 Å². The van der Waals surface area contributed by atoms with Crippen molar-refractivity contribution in [1.29, 1.82) is 0 Å². The summed E-state index contributed by atoms with van der Waals surface area (Å²) in [6.07, 6.45) is 5.67. The highest BCUT2D eigenvalue weighted by Gasteiger charge is 2.59. The Morgan fingerprint density at radius 2 is 1.92 bits per heavy atom. The number of aliphatic imine (C=N–C) groups is 1. The van der Waals surface area contributed by atoms with E-state index in [9.17, 15) is 0 Å². The van der Waals surface area contributed by atoms with Gasteiger partial charge in [0.15, 0.2) is 5.96 Å². The Kier molecular flexibility index (Phi) is 5.67. The minimum absolute atomic E-state index is 0. The lowest BCUT2D eigenvalue weighted by atomic mass is 9.57. The zero-order valence-electron chi connectivity index (χ0n) is 15.3. The summed E-state index contributed by atoms with van der Waals surface area (Å²) < 4.78 is 5.92. The van der Waals surface area contributed by atoms with Gasteiger partial charge in [0, 0.05) is 50.2 Å². The molecule has 0 spiro atoms. The van der Waals surface area contributed by atoms with E-state index >= 15 is 0 Å². The molecule has 4 unspecified atom stereocenters. The van der Waals surface area contributed by atoms with Gasteiger partial charge in [0.1, 0.15) is 0 Å². The maximum Gasteiger partial charge on any atom is 0.193 e. The third-order valence-electron chi connectivity index (χ3n) is 6.72. The molecule has 0 aromatic carbocycles. The quantitative estimate of drug-likeness (QED) is 0.400. The highest BCUT2D eigenvalue weighted by Crippen LogP contribution is 2.52. The number of rotatable bonds is 2. The summed E-state index contributed by atoms with van der Waals surface area (Å²) in [7, 11) is 1.93. The average molecular weight is 448 g/mol. The van der Waals surface area contributed by atoms with Crippen LogP contribution in [0.15, 0.2) is 4.99 Å². The number of likely N-dealkylation sites (tertiary alicyclic amines) is 2. The molecular weight excluding hydrogens is 415 g/mol. The van der Waals surface area contributed by atoms with Gasteiger partial charge in [-0.1, -0.05) is 13.8 Å².